The molecule has 0 bridgehead atoms. The number of aromatic amines is 1. The first-order chi connectivity index (χ1) is 8.70. The maximum atomic E-state index is 11.2. The largest absolute Gasteiger partial charge is 0.343 e. The maximum absolute atomic E-state index is 11.2. The number of imidazole rings is 1. The van der Waals surface area contributed by atoms with Gasteiger partial charge >= 0.3 is 0 Å². The van der Waals surface area contributed by atoms with Gasteiger partial charge in [-0.2, -0.15) is 0 Å². The molecule has 1 aromatic carbocycles. The molecule has 0 radical (unpaired) electrons. The van der Waals surface area contributed by atoms with Gasteiger partial charge in [0.2, 0.25) is 0 Å². The summed E-state index contributed by atoms with van der Waals surface area (Å²) < 4.78 is 1.90. The van der Waals surface area contributed by atoms with Crippen molar-refractivity contribution in [2.45, 2.75) is 6.42 Å². The highest BCUT2D eigenvalue weighted by atomic mass is 35.5. The molecule has 0 saturated heterocycles. The van der Waals surface area contributed by atoms with Crippen molar-refractivity contribution in [3.05, 3.63) is 75.3 Å². The second kappa shape index (κ2) is 4.35. The van der Waals surface area contributed by atoms with Crippen LogP contribution >= 0.6 is 11.6 Å². The summed E-state index contributed by atoms with van der Waals surface area (Å²) in [6.45, 7) is 0. The number of fused-ring (bicyclic) bond motifs is 1. The van der Waals surface area contributed by atoms with Crippen molar-refractivity contribution in [3.63, 3.8) is 0 Å². The van der Waals surface area contributed by atoms with Crippen molar-refractivity contribution in [2.75, 3.05) is 0 Å². The van der Waals surface area contributed by atoms with E-state index >= 15 is 0 Å². The molecule has 1 N–H and O–H groups in total. The zero-order chi connectivity index (χ0) is 12.5. The van der Waals surface area contributed by atoms with Gasteiger partial charge in [-0.3, -0.25) is 4.79 Å². The van der Waals surface area contributed by atoms with Gasteiger partial charge < -0.3 is 9.38 Å². The molecule has 0 aliphatic rings. The molecule has 4 heteroatoms. The van der Waals surface area contributed by atoms with E-state index in [0.717, 1.165) is 28.3 Å². The minimum absolute atomic E-state index is 0.00570. The van der Waals surface area contributed by atoms with E-state index in [9.17, 15) is 4.79 Å². The van der Waals surface area contributed by atoms with Crippen LogP contribution in [-0.4, -0.2) is 9.38 Å². The number of hydrogen-bond acceptors (Lipinski definition) is 1. The average Bonchev–Trinajstić information content (AvgIpc) is 2.70. The van der Waals surface area contributed by atoms with Gasteiger partial charge in [0.05, 0.1) is 0 Å². The average molecular weight is 259 g/mol. The first kappa shape index (κ1) is 11.1. The lowest BCUT2D eigenvalue weighted by Gasteiger charge is -1.98. The number of halogens is 1. The van der Waals surface area contributed by atoms with Crippen LogP contribution in [0, 0.1) is 0 Å². The van der Waals surface area contributed by atoms with Gasteiger partial charge in [0.15, 0.2) is 5.43 Å². The zero-order valence-electron chi connectivity index (χ0n) is 9.56. The Labute approximate surface area is 109 Å². The number of hydrogen-bond donors (Lipinski definition) is 1. The Kier molecular flexibility index (Phi) is 2.68. The van der Waals surface area contributed by atoms with Crippen molar-refractivity contribution in [3.8, 4) is 0 Å². The Bertz CT molecular complexity index is 758. The molecule has 90 valence electrons. The second-order valence-electron chi connectivity index (χ2n) is 4.24. The molecule has 3 rings (SSSR count). The molecule has 0 saturated carbocycles. The van der Waals surface area contributed by atoms with Crippen molar-refractivity contribution in [1.29, 1.82) is 0 Å². The molecule has 0 fully saturated rings. The normalized spacial score (nSPS) is 10.9. The fourth-order valence-corrected chi connectivity index (χ4v) is 2.24. The van der Waals surface area contributed by atoms with Crippen LogP contribution in [0.1, 0.15) is 11.3 Å². The molecule has 2 aromatic heterocycles. The lowest BCUT2D eigenvalue weighted by molar-refractivity contribution is 1.11. The Morgan fingerprint density at radius 3 is 2.94 bits per heavy atom. The summed E-state index contributed by atoms with van der Waals surface area (Å²) in [5.41, 5.74) is 2.99. The monoisotopic (exact) mass is 258 g/mol. The van der Waals surface area contributed by atoms with E-state index in [1.165, 1.54) is 0 Å². The third-order valence-corrected chi connectivity index (χ3v) is 3.06. The van der Waals surface area contributed by atoms with E-state index in [2.05, 4.69) is 4.98 Å². The molecule has 0 amide bonds. The molecular formula is C14H11ClN2O. The third-order valence-electron chi connectivity index (χ3n) is 2.82. The Hall–Kier alpha value is -2.00. The number of nitrogens with one attached hydrogen (secondary N) is 1. The molecule has 18 heavy (non-hydrogen) atoms. The minimum Gasteiger partial charge on any atom is -0.343 e. The minimum atomic E-state index is 0.00570. The molecule has 2 heterocycles. The predicted octanol–water partition coefficient (Wildman–Crippen LogP) is 2.87. The molecule has 0 atom stereocenters. The van der Waals surface area contributed by atoms with Crippen LogP contribution in [-0.2, 0) is 6.42 Å². The lowest BCUT2D eigenvalue weighted by Crippen LogP contribution is -1.97. The summed E-state index contributed by atoms with van der Waals surface area (Å²) in [6.07, 6.45) is 4.50. The van der Waals surface area contributed by atoms with Crippen LogP contribution < -0.4 is 5.43 Å². The smallest absolute Gasteiger partial charge is 0.183 e. The molecule has 3 nitrogen and oxygen atoms in total. The summed E-state index contributed by atoms with van der Waals surface area (Å²) in [7, 11) is 0. The highest BCUT2D eigenvalue weighted by molar-refractivity contribution is 6.30. The van der Waals surface area contributed by atoms with E-state index in [0.29, 0.717) is 0 Å². The SMILES string of the molecule is O=c1ccn2cc(Cc3cccc(Cl)c3)[nH]c2c1. The number of aromatic nitrogens is 2. The molecule has 0 spiro atoms. The summed E-state index contributed by atoms with van der Waals surface area (Å²) in [6, 6.07) is 10.9. The van der Waals surface area contributed by atoms with Gasteiger partial charge in [-0.05, 0) is 17.7 Å². The number of pyridine rings is 1. The van der Waals surface area contributed by atoms with Gasteiger partial charge in [0.1, 0.15) is 5.65 Å². The Morgan fingerprint density at radius 1 is 1.22 bits per heavy atom. The van der Waals surface area contributed by atoms with E-state index in [1.54, 1.807) is 18.3 Å². The molecule has 0 aliphatic carbocycles. The molecule has 3 aromatic rings. The Balaban J connectivity index is 1.98. The number of H-pyrrole nitrogens is 1. The summed E-state index contributed by atoms with van der Waals surface area (Å²) >= 11 is 5.95. The fraction of sp³-hybridized carbons (Fsp3) is 0.0714. The van der Waals surface area contributed by atoms with Crippen LogP contribution in [0.2, 0.25) is 5.02 Å². The second-order valence-corrected chi connectivity index (χ2v) is 4.68. The maximum Gasteiger partial charge on any atom is 0.183 e. The quantitative estimate of drug-likeness (QED) is 0.754. The molecule has 0 aliphatic heterocycles. The van der Waals surface area contributed by atoms with Crippen molar-refractivity contribution in [2.24, 2.45) is 0 Å². The van der Waals surface area contributed by atoms with Crippen LogP contribution in [0.3, 0.4) is 0 Å². The van der Waals surface area contributed by atoms with Crippen molar-refractivity contribution < 1.29 is 0 Å². The van der Waals surface area contributed by atoms with Crippen LogP contribution in [0.5, 0.6) is 0 Å². The van der Waals surface area contributed by atoms with Gasteiger partial charge in [-0.25, -0.2) is 0 Å². The predicted molar refractivity (Wildman–Crippen MR) is 72.3 cm³/mol. The van der Waals surface area contributed by atoms with Gasteiger partial charge in [0, 0.05) is 41.7 Å². The van der Waals surface area contributed by atoms with Gasteiger partial charge in [0.25, 0.3) is 0 Å². The Morgan fingerprint density at radius 2 is 2.11 bits per heavy atom. The van der Waals surface area contributed by atoms with E-state index in [4.69, 9.17) is 11.6 Å². The topological polar surface area (TPSA) is 37.3 Å². The van der Waals surface area contributed by atoms with E-state index < -0.39 is 0 Å². The molecular weight excluding hydrogens is 248 g/mol. The zero-order valence-corrected chi connectivity index (χ0v) is 10.3. The number of benzene rings is 1. The molecule has 0 unspecified atom stereocenters. The third kappa shape index (κ3) is 2.17. The lowest BCUT2D eigenvalue weighted by atomic mass is 10.1. The standard InChI is InChI=1S/C14H11ClN2O/c15-11-3-1-2-10(6-11)7-12-9-17-5-4-13(18)8-14(17)16-12/h1-6,8-9,16H,7H2. The van der Waals surface area contributed by atoms with Crippen LogP contribution in [0.15, 0.2) is 53.6 Å². The van der Waals surface area contributed by atoms with Crippen LogP contribution in [0.25, 0.3) is 5.65 Å². The summed E-state index contributed by atoms with van der Waals surface area (Å²) in [4.78, 5) is 14.5. The number of nitrogens with zero attached hydrogens (tertiary/aromatic N) is 1. The van der Waals surface area contributed by atoms with Gasteiger partial charge in [-0.15, -0.1) is 0 Å². The van der Waals surface area contributed by atoms with Crippen LogP contribution in [0.4, 0.5) is 0 Å². The van der Waals surface area contributed by atoms with E-state index in [1.807, 2.05) is 34.9 Å². The first-order valence-corrected chi connectivity index (χ1v) is 6.03. The van der Waals surface area contributed by atoms with Gasteiger partial charge in [-0.1, -0.05) is 23.7 Å². The highest BCUT2D eigenvalue weighted by Crippen LogP contribution is 2.14. The fourth-order valence-electron chi connectivity index (χ4n) is 2.03. The van der Waals surface area contributed by atoms with E-state index in [-0.39, 0.29) is 5.43 Å². The van der Waals surface area contributed by atoms with Crippen molar-refractivity contribution >= 4 is 17.2 Å². The highest BCUT2D eigenvalue weighted by Gasteiger charge is 2.02. The summed E-state index contributed by atoms with van der Waals surface area (Å²) in [5.74, 6) is 0. The van der Waals surface area contributed by atoms with Crippen molar-refractivity contribution in [1.82, 2.24) is 9.38 Å². The number of rotatable bonds is 2. The summed E-state index contributed by atoms with van der Waals surface area (Å²) in [5, 5.41) is 0.734. The first-order valence-electron chi connectivity index (χ1n) is 5.65.